The molecule has 1 rings (SSSR count). The molecule has 6 heteroatoms. The summed E-state index contributed by atoms with van der Waals surface area (Å²) >= 11 is 0. The molecule has 1 aromatic carbocycles. The van der Waals surface area contributed by atoms with Crippen LogP contribution in [0.15, 0.2) is 12.1 Å². The Bertz CT molecular complexity index is 604. The molecule has 1 aromatic rings. The highest BCUT2D eigenvalue weighted by Crippen LogP contribution is 2.25. The number of hydrogen-bond acceptors (Lipinski definition) is 3. The zero-order valence-electron chi connectivity index (χ0n) is 10.5. The Kier molecular flexibility index (Phi) is 3.63. The predicted octanol–water partition coefficient (Wildman–Crippen LogP) is 2.28. The zero-order valence-corrected chi connectivity index (χ0v) is 11.4. The molecule has 0 spiro atoms. The fourth-order valence-electron chi connectivity index (χ4n) is 1.31. The monoisotopic (exact) mass is 276 g/mol. The number of Topliss-reactive ketones (excluding diaryl/α,β-unsaturated/α-hetero) is 1. The summed E-state index contributed by atoms with van der Waals surface area (Å²) in [7, 11) is -3.73. The van der Waals surface area contributed by atoms with Gasteiger partial charge in [0.2, 0.25) is 0 Å². The second-order valence-electron chi connectivity index (χ2n) is 4.67. The van der Waals surface area contributed by atoms with Gasteiger partial charge in [0.25, 0.3) is 0 Å². The maximum absolute atomic E-state index is 13.6. The summed E-state index contributed by atoms with van der Waals surface area (Å²) < 4.78 is 48.2. The zero-order chi connectivity index (χ0) is 14.3. The molecule has 3 nitrogen and oxygen atoms in total. The number of rotatable bonds is 3. The number of benzene rings is 1. The molecule has 0 radical (unpaired) electrons. The Labute approximate surface area is 105 Å². The summed E-state index contributed by atoms with van der Waals surface area (Å²) in [5.41, 5.74) is -0.491. The lowest BCUT2D eigenvalue weighted by atomic mass is 9.98. The van der Waals surface area contributed by atoms with Gasteiger partial charge >= 0.3 is 0 Å². The summed E-state index contributed by atoms with van der Waals surface area (Å²) in [5.74, 6) is -3.40. The predicted molar refractivity (Wildman–Crippen MR) is 64.3 cm³/mol. The van der Waals surface area contributed by atoms with Crippen LogP contribution in [0.2, 0.25) is 0 Å². The molecule has 0 saturated heterocycles. The highest BCUT2D eigenvalue weighted by atomic mass is 32.2. The first-order valence-corrected chi connectivity index (χ1v) is 7.08. The second-order valence-corrected chi connectivity index (χ2v) is 7.23. The molecule has 0 unspecified atom stereocenters. The molecule has 0 aliphatic rings. The maximum atomic E-state index is 13.6. The van der Waals surface area contributed by atoms with Crippen molar-refractivity contribution in [1.29, 1.82) is 0 Å². The lowest BCUT2D eigenvalue weighted by molar-refractivity contribution is 0.0949. The molecule has 0 N–H and O–H groups in total. The van der Waals surface area contributed by atoms with Crippen molar-refractivity contribution in [2.75, 3.05) is 6.26 Å². The minimum atomic E-state index is -3.73. The normalized spacial score (nSPS) is 12.6. The molecule has 0 fully saturated rings. The van der Waals surface area contributed by atoms with E-state index in [1.54, 1.807) is 0 Å². The minimum Gasteiger partial charge on any atom is -0.292 e. The Hall–Kier alpha value is -1.30. The maximum Gasteiger partial charge on any atom is 0.186 e. The van der Waals surface area contributed by atoms with E-state index in [-0.39, 0.29) is 5.56 Å². The van der Waals surface area contributed by atoms with Crippen LogP contribution in [-0.4, -0.2) is 25.2 Å². The van der Waals surface area contributed by atoms with Gasteiger partial charge in [-0.15, -0.1) is 0 Å². The molecular weight excluding hydrogens is 262 g/mol. The van der Waals surface area contributed by atoms with Crippen molar-refractivity contribution in [1.82, 2.24) is 0 Å². The number of aryl methyl sites for hydroxylation is 1. The van der Waals surface area contributed by atoms with Crippen LogP contribution in [0.4, 0.5) is 8.78 Å². The van der Waals surface area contributed by atoms with Gasteiger partial charge in [-0.05, 0) is 32.4 Å². The molecule has 0 heterocycles. The SMILES string of the molecule is Cc1ccc(C(=O)C(C)(C)S(C)(=O)=O)c(F)c1F. The van der Waals surface area contributed by atoms with Crippen molar-refractivity contribution in [2.45, 2.75) is 25.5 Å². The molecule has 0 bridgehead atoms. The van der Waals surface area contributed by atoms with Gasteiger partial charge in [0, 0.05) is 6.26 Å². The van der Waals surface area contributed by atoms with Crippen LogP contribution in [-0.2, 0) is 9.84 Å². The Morgan fingerprint density at radius 2 is 1.67 bits per heavy atom. The van der Waals surface area contributed by atoms with E-state index in [1.165, 1.54) is 26.8 Å². The van der Waals surface area contributed by atoms with Crippen molar-refractivity contribution in [3.05, 3.63) is 34.9 Å². The van der Waals surface area contributed by atoms with Crippen molar-refractivity contribution in [2.24, 2.45) is 0 Å². The highest BCUT2D eigenvalue weighted by molar-refractivity contribution is 7.92. The lowest BCUT2D eigenvalue weighted by Gasteiger charge is -2.21. The fraction of sp³-hybridized carbons (Fsp3) is 0.417. The molecule has 100 valence electrons. The van der Waals surface area contributed by atoms with Crippen LogP contribution in [0.1, 0.15) is 29.8 Å². The third-order valence-electron chi connectivity index (χ3n) is 2.99. The van der Waals surface area contributed by atoms with Crippen LogP contribution in [0, 0.1) is 18.6 Å². The number of ketones is 1. The number of carbonyl (C=O) groups is 1. The average molecular weight is 276 g/mol. The second kappa shape index (κ2) is 4.42. The van der Waals surface area contributed by atoms with Crippen LogP contribution < -0.4 is 0 Å². The molecule has 0 aliphatic heterocycles. The van der Waals surface area contributed by atoms with Crippen molar-refractivity contribution >= 4 is 15.6 Å². The summed E-state index contributed by atoms with van der Waals surface area (Å²) in [5, 5.41) is 0. The molecular formula is C12H14F2O3S. The van der Waals surface area contributed by atoms with E-state index in [0.29, 0.717) is 0 Å². The average Bonchev–Trinajstić information content (AvgIpc) is 2.24. The smallest absolute Gasteiger partial charge is 0.186 e. The van der Waals surface area contributed by atoms with Gasteiger partial charge in [0.05, 0.1) is 5.56 Å². The van der Waals surface area contributed by atoms with Gasteiger partial charge in [-0.3, -0.25) is 4.79 Å². The van der Waals surface area contributed by atoms with Crippen LogP contribution >= 0.6 is 0 Å². The van der Waals surface area contributed by atoms with E-state index >= 15 is 0 Å². The molecule has 0 aromatic heterocycles. The van der Waals surface area contributed by atoms with Gasteiger partial charge < -0.3 is 0 Å². The number of halogens is 2. The topological polar surface area (TPSA) is 51.2 Å². The van der Waals surface area contributed by atoms with Crippen molar-refractivity contribution < 1.29 is 22.0 Å². The standard InChI is InChI=1S/C12H14F2O3S/c1-7-5-6-8(10(14)9(7)13)11(15)12(2,3)18(4,16)17/h5-6H,1-4H3. The molecule has 0 aliphatic carbocycles. The van der Waals surface area contributed by atoms with Crippen LogP contribution in [0.5, 0.6) is 0 Å². The quantitative estimate of drug-likeness (QED) is 0.796. The fourth-order valence-corrected chi connectivity index (χ4v) is 1.76. The van der Waals surface area contributed by atoms with Gasteiger partial charge in [0.15, 0.2) is 27.3 Å². The van der Waals surface area contributed by atoms with E-state index in [4.69, 9.17) is 0 Å². The number of hydrogen-bond donors (Lipinski definition) is 0. The Morgan fingerprint density at radius 3 is 2.11 bits per heavy atom. The Balaban J connectivity index is 3.43. The van der Waals surface area contributed by atoms with E-state index in [0.717, 1.165) is 12.3 Å². The van der Waals surface area contributed by atoms with Gasteiger partial charge in [0.1, 0.15) is 4.75 Å². The largest absolute Gasteiger partial charge is 0.292 e. The van der Waals surface area contributed by atoms with E-state index in [2.05, 4.69) is 0 Å². The van der Waals surface area contributed by atoms with E-state index in [9.17, 15) is 22.0 Å². The van der Waals surface area contributed by atoms with Gasteiger partial charge in [-0.25, -0.2) is 17.2 Å². The lowest BCUT2D eigenvalue weighted by Crippen LogP contribution is -2.40. The minimum absolute atomic E-state index is 0.0567. The summed E-state index contributed by atoms with van der Waals surface area (Å²) in [6.45, 7) is 3.69. The summed E-state index contributed by atoms with van der Waals surface area (Å²) in [6.07, 6.45) is 0.882. The first kappa shape index (κ1) is 14.8. The molecule has 0 amide bonds. The highest BCUT2D eigenvalue weighted by Gasteiger charge is 2.40. The summed E-state index contributed by atoms with van der Waals surface area (Å²) in [4.78, 5) is 12.0. The molecule has 0 atom stereocenters. The van der Waals surface area contributed by atoms with Crippen LogP contribution in [0.3, 0.4) is 0 Å². The van der Waals surface area contributed by atoms with Crippen molar-refractivity contribution in [3.63, 3.8) is 0 Å². The van der Waals surface area contributed by atoms with Crippen LogP contribution in [0.25, 0.3) is 0 Å². The van der Waals surface area contributed by atoms with Gasteiger partial charge in [-0.1, -0.05) is 6.07 Å². The number of carbonyl (C=O) groups excluding carboxylic acids is 1. The third kappa shape index (κ3) is 2.29. The molecule has 18 heavy (non-hydrogen) atoms. The third-order valence-corrected chi connectivity index (χ3v) is 5.03. The summed E-state index contributed by atoms with van der Waals surface area (Å²) in [6, 6.07) is 2.34. The van der Waals surface area contributed by atoms with Crippen molar-refractivity contribution in [3.8, 4) is 0 Å². The first-order valence-electron chi connectivity index (χ1n) is 5.19. The molecule has 0 saturated carbocycles. The van der Waals surface area contributed by atoms with E-state index in [1.807, 2.05) is 0 Å². The number of sulfone groups is 1. The van der Waals surface area contributed by atoms with Gasteiger partial charge in [-0.2, -0.15) is 0 Å². The Morgan fingerprint density at radius 1 is 1.17 bits per heavy atom. The first-order chi connectivity index (χ1) is 8.00. The van der Waals surface area contributed by atoms with E-state index < -0.39 is 37.6 Å².